The van der Waals surface area contributed by atoms with Crippen LogP contribution in [0.3, 0.4) is 0 Å². The summed E-state index contributed by atoms with van der Waals surface area (Å²) in [5, 5.41) is 0. The van der Waals surface area contributed by atoms with Crippen molar-refractivity contribution >= 4 is 18.8 Å². The SMILES string of the molecule is COC(=O)Oc1cccc(CS)c1COc1cc(C)c(C)cc1C(F)F. The highest BCUT2D eigenvalue weighted by Gasteiger charge is 2.18. The summed E-state index contributed by atoms with van der Waals surface area (Å²) in [6, 6.07) is 8.09. The molecule has 0 aliphatic carbocycles. The lowest BCUT2D eigenvalue weighted by Gasteiger charge is -2.17. The van der Waals surface area contributed by atoms with Gasteiger partial charge in [0, 0.05) is 11.3 Å². The maximum atomic E-state index is 13.3. The minimum atomic E-state index is -2.66. The molecule has 0 aromatic heterocycles. The molecule has 0 N–H and O–H groups in total. The van der Waals surface area contributed by atoms with Gasteiger partial charge in [-0.3, -0.25) is 0 Å². The summed E-state index contributed by atoms with van der Waals surface area (Å²) in [6.45, 7) is 3.54. The Hall–Kier alpha value is -2.28. The van der Waals surface area contributed by atoms with Gasteiger partial charge < -0.3 is 14.2 Å². The van der Waals surface area contributed by atoms with Crippen LogP contribution in [-0.2, 0) is 17.1 Å². The van der Waals surface area contributed by atoms with E-state index in [9.17, 15) is 13.6 Å². The average molecular weight is 382 g/mol. The Bertz CT molecular complexity index is 793. The van der Waals surface area contributed by atoms with Crippen molar-refractivity contribution < 1.29 is 27.8 Å². The first-order valence-electron chi connectivity index (χ1n) is 7.86. The van der Waals surface area contributed by atoms with Crippen LogP contribution in [-0.4, -0.2) is 13.3 Å². The first-order valence-corrected chi connectivity index (χ1v) is 8.50. The third-order valence-electron chi connectivity index (χ3n) is 3.99. The van der Waals surface area contributed by atoms with E-state index in [1.165, 1.54) is 13.2 Å². The number of hydrogen-bond acceptors (Lipinski definition) is 5. The molecule has 0 bridgehead atoms. The molecular weight excluding hydrogens is 362 g/mol. The fourth-order valence-corrected chi connectivity index (χ4v) is 2.70. The Kier molecular flexibility index (Phi) is 6.85. The van der Waals surface area contributed by atoms with Crippen LogP contribution in [0.5, 0.6) is 11.5 Å². The van der Waals surface area contributed by atoms with Gasteiger partial charge in [-0.05, 0) is 48.7 Å². The van der Waals surface area contributed by atoms with Gasteiger partial charge in [-0.2, -0.15) is 12.6 Å². The van der Waals surface area contributed by atoms with Crippen molar-refractivity contribution in [2.75, 3.05) is 7.11 Å². The molecule has 0 heterocycles. The Morgan fingerprint density at radius 2 is 1.85 bits per heavy atom. The van der Waals surface area contributed by atoms with E-state index in [2.05, 4.69) is 17.4 Å². The second-order valence-electron chi connectivity index (χ2n) is 5.67. The van der Waals surface area contributed by atoms with Crippen LogP contribution in [0.4, 0.5) is 13.6 Å². The van der Waals surface area contributed by atoms with Gasteiger partial charge in [0.1, 0.15) is 18.1 Å². The number of halogens is 2. The number of methoxy groups -OCH3 is 1. The van der Waals surface area contributed by atoms with Gasteiger partial charge in [0.05, 0.1) is 12.7 Å². The Labute approximate surface area is 156 Å². The molecule has 0 saturated carbocycles. The molecule has 0 atom stereocenters. The number of hydrogen-bond donors (Lipinski definition) is 1. The predicted octanol–water partition coefficient (Wildman–Crippen LogP) is 5.40. The van der Waals surface area contributed by atoms with E-state index in [-0.39, 0.29) is 23.7 Å². The number of aryl methyl sites for hydroxylation is 2. The number of thiol groups is 1. The summed E-state index contributed by atoms with van der Waals surface area (Å²) in [5.74, 6) is 0.706. The summed E-state index contributed by atoms with van der Waals surface area (Å²) in [7, 11) is 1.20. The molecule has 2 aromatic rings. The summed E-state index contributed by atoms with van der Waals surface area (Å²) in [6.07, 6.45) is -3.53. The van der Waals surface area contributed by atoms with Crippen LogP contribution in [0.25, 0.3) is 0 Å². The van der Waals surface area contributed by atoms with Gasteiger partial charge in [0.15, 0.2) is 0 Å². The minimum absolute atomic E-state index is 0.0503. The van der Waals surface area contributed by atoms with E-state index in [0.717, 1.165) is 16.7 Å². The second-order valence-corrected chi connectivity index (χ2v) is 5.99. The van der Waals surface area contributed by atoms with Crippen molar-refractivity contribution in [1.29, 1.82) is 0 Å². The van der Waals surface area contributed by atoms with E-state index >= 15 is 0 Å². The smallest absolute Gasteiger partial charge is 0.488 e. The zero-order chi connectivity index (χ0) is 19.3. The Morgan fingerprint density at radius 1 is 1.15 bits per heavy atom. The molecule has 0 aliphatic rings. The second kappa shape index (κ2) is 8.89. The highest BCUT2D eigenvalue weighted by atomic mass is 32.1. The lowest BCUT2D eigenvalue weighted by molar-refractivity contribution is 0.120. The zero-order valence-corrected chi connectivity index (χ0v) is 15.6. The van der Waals surface area contributed by atoms with Crippen LogP contribution in [0.2, 0.25) is 0 Å². The van der Waals surface area contributed by atoms with Crippen LogP contribution in [0.1, 0.15) is 34.2 Å². The maximum Gasteiger partial charge on any atom is 0.513 e. The molecule has 26 heavy (non-hydrogen) atoms. The highest BCUT2D eigenvalue weighted by Crippen LogP contribution is 2.33. The van der Waals surface area contributed by atoms with E-state index in [4.69, 9.17) is 9.47 Å². The van der Waals surface area contributed by atoms with Crippen LogP contribution in [0, 0.1) is 13.8 Å². The lowest BCUT2D eigenvalue weighted by atomic mass is 10.0. The molecule has 7 heteroatoms. The monoisotopic (exact) mass is 382 g/mol. The summed E-state index contributed by atoms with van der Waals surface area (Å²) in [5.41, 5.74) is 2.74. The van der Waals surface area contributed by atoms with Gasteiger partial charge in [-0.15, -0.1) is 0 Å². The molecule has 0 radical (unpaired) electrons. The number of ether oxygens (including phenoxy) is 3. The summed E-state index contributed by atoms with van der Waals surface area (Å²) >= 11 is 4.26. The van der Waals surface area contributed by atoms with Crippen molar-refractivity contribution in [1.82, 2.24) is 0 Å². The molecule has 4 nitrogen and oxygen atoms in total. The third-order valence-corrected chi connectivity index (χ3v) is 4.33. The van der Waals surface area contributed by atoms with E-state index in [1.54, 1.807) is 31.2 Å². The van der Waals surface area contributed by atoms with Crippen molar-refractivity contribution in [3.05, 3.63) is 58.1 Å². The summed E-state index contributed by atoms with van der Waals surface area (Å²) < 4.78 is 42.0. The van der Waals surface area contributed by atoms with Gasteiger partial charge in [0.2, 0.25) is 0 Å². The average Bonchev–Trinajstić information content (AvgIpc) is 2.62. The minimum Gasteiger partial charge on any atom is -0.488 e. The van der Waals surface area contributed by atoms with Crippen LogP contribution in [0.15, 0.2) is 30.3 Å². The van der Waals surface area contributed by atoms with Gasteiger partial charge in [0.25, 0.3) is 6.43 Å². The largest absolute Gasteiger partial charge is 0.513 e. The Morgan fingerprint density at radius 3 is 2.46 bits per heavy atom. The molecule has 140 valence electrons. The van der Waals surface area contributed by atoms with Gasteiger partial charge in [-0.1, -0.05) is 12.1 Å². The quantitative estimate of drug-likeness (QED) is 0.413. The van der Waals surface area contributed by atoms with Crippen molar-refractivity contribution in [3.63, 3.8) is 0 Å². The molecule has 0 spiro atoms. The fourth-order valence-electron chi connectivity index (χ4n) is 2.41. The molecule has 0 amide bonds. The molecule has 0 saturated heterocycles. The van der Waals surface area contributed by atoms with Gasteiger partial charge >= 0.3 is 6.16 Å². The predicted molar refractivity (Wildman–Crippen MR) is 97.4 cm³/mol. The molecule has 0 unspecified atom stereocenters. The topological polar surface area (TPSA) is 44.8 Å². The van der Waals surface area contributed by atoms with Crippen molar-refractivity contribution in [3.8, 4) is 11.5 Å². The van der Waals surface area contributed by atoms with Crippen molar-refractivity contribution in [2.24, 2.45) is 0 Å². The number of rotatable bonds is 6. The fraction of sp³-hybridized carbons (Fsp3) is 0.316. The van der Waals surface area contributed by atoms with Crippen LogP contribution < -0.4 is 9.47 Å². The first kappa shape index (κ1) is 20.0. The summed E-state index contributed by atoms with van der Waals surface area (Å²) in [4.78, 5) is 11.4. The standard InChI is InChI=1S/C19H20F2O4S/c1-11-7-14(18(20)21)17(8-12(11)2)24-9-15-13(10-26)5-4-6-16(15)25-19(22)23-3/h4-8,18,26H,9-10H2,1-3H3. The van der Waals surface area contributed by atoms with Crippen LogP contribution >= 0.6 is 12.6 Å². The lowest BCUT2D eigenvalue weighted by Crippen LogP contribution is -2.11. The highest BCUT2D eigenvalue weighted by molar-refractivity contribution is 7.79. The zero-order valence-electron chi connectivity index (χ0n) is 14.7. The van der Waals surface area contributed by atoms with Crippen molar-refractivity contribution in [2.45, 2.75) is 32.6 Å². The van der Waals surface area contributed by atoms with E-state index < -0.39 is 12.6 Å². The molecule has 2 aromatic carbocycles. The Balaban J connectivity index is 2.35. The van der Waals surface area contributed by atoms with E-state index in [0.29, 0.717) is 11.3 Å². The molecular formula is C19H20F2O4S. The number of benzene rings is 2. The maximum absolute atomic E-state index is 13.3. The number of carbonyl (C=O) groups is 1. The number of alkyl halides is 2. The molecule has 0 fully saturated rings. The van der Waals surface area contributed by atoms with Gasteiger partial charge in [-0.25, -0.2) is 13.6 Å². The number of carbonyl (C=O) groups excluding carboxylic acids is 1. The first-order chi connectivity index (χ1) is 12.4. The third kappa shape index (κ3) is 4.66. The molecule has 2 rings (SSSR count). The normalized spacial score (nSPS) is 10.7. The van der Waals surface area contributed by atoms with E-state index in [1.807, 2.05) is 6.92 Å². The molecule has 0 aliphatic heterocycles.